The van der Waals surface area contributed by atoms with Crippen molar-refractivity contribution in [2.24, 2.45) is 4.99 Å². The first-order valence-electron chi connectivity index (χ1n) is 15.1. The van der Waals surface area contributed by atoms with Gasteiger partial charge in [-0.3, -0.25) is 9.67 Å². The molecule has 0 aliphatic heterocycles. The van der Waals surface area contributed by atoms with Gasteiger partial charge in [0, 0.05) is 40.8 Å². The van der Waals surface area contributed by atoms with Gasteiger partial charge in [-0.05, 0) is 79.4 Å². The standard InChI is InChI=1S/C39H37N5O/c1-39(2,3)42-37-24-30(21-22-40-37)36-27-44(26-28-17-19-34(45-4)20-18-28)43-38(36)31-14-10-15-33(23-31)41-25-32-13-8-9-16-35(32)29-11-6-5-7-12-29/h5-25,27H,26H2,1-4H3,(H,40,42). The summed E-state index contributed by atoms with van der Waals surface area (Å²) in [6.07, 6.45) is 5.90. The van der Waals surface area contributed by atoms with Crippen molar-refractivity contribution < 1.29 is 4.74 Å². The molecule has 0 fully saturated rings. The number of nitrogens with one attached hydrogen (secondary N) is 1. The summed E-state index contributed by atoms with van der Waals surface area (Å²) in [4.78, 5) is 9.48. The third-order valence-electron chi connectivity index (χ3n) is 7.36. The Balaban J connectivity index is 1.37. The van der Waals surface area contributed by atoms with Gasteiger partial charge in [-0.2, -0.15) is 5.10 Å². The highest BCUT2D eigenvalue weighted by atomic mass is 16.5. The van der Waals surface area contributed by atoms with E-state index in [1.54, 1.807) is 7.11 Å². The molecule has 0 aliphatic rings. The molecule has 224 valence electrons. The maximum Gasteiger partial charge on any atom is 0.126 e. The lowest BCUT2D eigenvalue weighted by molar-refractivity contribution is 0.414. The minimum Gasteiger partial charge on any atom is -0.497 e. The van der Waals surface area contributed by atoms with Crippen LogP contribution in [0.5, 0.6) is 5.75 Å². The molecule has 6 rings (SSSR count). The maximum absolute atomic E-state index is 5.35. The second-order valence-corrected chi connectivity index (χ2v) is 12.0. The third-order valence-corrected chi connectivity index (χ3v) is 7.36. The molecular formula is C39H37N5O. The summed E-state index contributed by atoms with van der Waals surface area (Å²) in [5, 5.41) is 8.60. The Morgan fingerprint density at radius 3 is 2.31 bits per heavy atom. The molecule has 6 nitrogen and oxygen atoms in total. The normalized spacial score (nSPS) is 11.6. The van der Waals surface area contributed by atoms with Crippen LogP contribution in [0.1, 0.15) is 31.9 Å². The number of hydrogen-bond acceptors (Lipinski definition) is 5. The summed E-state index contributed by atoms with van der Waals surface area (Å²) >= 11 is 0. The molecule has 0 aliphatic carbocycles. The fourth-order valence-electron chi connectivity index (χ4n) is 5.26. The lowest BCUT2D eigenvalue weighted by atomic mass is 10.0. The fraction of sp³-hybridized carbons (Fsp3) is 0.154. The van der Waals surface area contributed by atoms with Gasteiger partial charge >= 0.3 is 0 Å². The van der Waals surface area contributed by atoms with Gasteiger partial charge in [-0.15, -0.1) is 0 Å². The van der Waals surface area contributed by atoms with Crippen LogP contribution < -0.4 is 10.1 Å². The predicted octanol–water partition coefficient (Wildman–Crippen LogP) is 9.30. The van der Waals surface area contributed by atoms with E-state index in [1.165, 1.54) is 0 Å². The van der Waals surface area contributed by atoms with Gasteiger partial charge in [0.2, 0.25) is 0 Å². The number of nitrogens with zero attached hydrogens (tertiary/aromatic N) is 4. The Morgan fingerprint density at radius 2 is 1.53 bits per heavy atom. The molecule has 0 spiro atoms. The molecule has 0 amide bonds. The molecule has 0 radical (unpaired) electrons. The van der Waals surface area contributed by atoms with Crippen molar-refractivity contribution in [3.63, 3.8) is 0 Å². The molecule has 0 unspecified atom stereocenters. The quantitative estimate of drug-likeness (QED) is 0.170. The van der Waals surface area contributed by atoms with Crippen LogP contribution in [-0.2, 0) is 6.54 Å². The number of ether oxygens (including phenoxy) is 1. The monoisotopic (exact) mass is 591 g/mol. The van der Waals surface area contributed by atoms with E-state index < -0.39 is 0 Å². The number of hydrogen-bond donors (Lipinski definition) is 1. The van der Waals surface area contributed by atoms with Crippen molar-refractivity contribution in [1.82, 2.24) is 14.8 Å². The van der Waals surface area contributed by atoms with Crippen molar-refractivity contribution in [2.45, 2.75) is 32.9 Å². The molecule has 4 aromatic carbocycles. The van der Waals surface area contributed by atoms with Gasteiger partial charge in [0.25, 0.3) is 0 Å². The molecular weight excluding hydrogens is 554 g/mol. The minimum absolute atomic E-state index is 0.113. The maximum atomic E-state index is 5.35. The van der Waals surface area contributed by atoms with Crippen molar-refractivity contribution in [1.29, 1.82) is 0 Å². The summed E-state index contributed by atoms with van der Waals surface area (Å²) in [5.74, 6) is 1.66. The average molecular weight is 592 g/mol. The smallest absolute Gasteiger partial charge is 0.126 e. The lowest BCUT2D eigenvalue weighted by Gasteiger charge is -2.21. The van der Waals surface area contributed by atoms with E-state index in [4.69, 9.17) is 14.8 Å². The van der Waals surface area contributed by atoms with E-state index in [0.29, 0.717) is 6.54 Å². The summed E-state index contributed by atoms with van der Waals surface area (Å²) in [6, 6.07) is 39.2. The topological polar surface area (TPSA) is 64.3 Å². The van der Waals surface area contributed by atoms with Crippen molar-refractivity contribution >= 4 is 17.7 Å². The molecule has 0 bridgehead atoms. The molecule has 6 heteroatoms. The first kappa shape index (κ1) is 29.6. The van der Waals surface area contributed by atoms with Crippen LogP contribution in [0.3, 0.4) is 0 Å². The van der Waals surface area contributed by atoms with E-state index >= 15 is 0 Å². The van der Waals surface area contributed by atoms with Gasteiger partial charge in [-0.25, -0.2) is 4.98 Å². The van der Waals surface area contributed by atoms with Gasteiger partial charge in [0.05, 0.1) is 19.3 Å². The van der Waals surface area contributed by atoms with Crippen LogP contribution in [0.4, 0.5) is 11.5 Å². The van der Waals surface area contributed by atoms with Crippen LogP contribution in [-0.4, -0.2) is 33.6 Å². The van der Waals surface area contributed by atoms with E-state index in [9.17, 15) is 0 Å². The summed E-state index contributed by atoms with van der Waals surface area (Å²) in [6.45, 7) is 7.01. The summed E-state index contributed by atoms with van der Waals surface area (Å²) < 4.78 is 7.34. The molecule has 2 aromatic heterocycles. The third kappa shape index (κ3) is 7.36. The first-order valence-corrected chi connectivity index (χ1v) is 15.1. The highest BCUT2D eigenvalue weighted by Gasteiger charge is 2.17. The Hall–Kier alpha value is -5.49. The number of aromatic nitrogens is 3. The van der Waals surface area contributed by atoms with Gasteiger partial charge in [-0.1, -0.05) is 78.9 Å². The Labute approximate surface area is 265 Å². The highest BCUT2D eigenvalue weighted by Crippen LogP contribution is 2.34. The Bertz CT molecular complexity index is 1920. The second-order valence-electron chi connectivity index (χ2n) is 12.0. The van der Waals surface area contributed by atoms with Crippen molar-refractivity contribution in [2.75, 3.05) is 12.4 Å². The van der Waals surface area contributed by atoms with E-state index in [0.717, 1.165) is 61.9 Å². The Morgan fingerprint density at radius 1 is 0.778 bits per heavy atom. The highest BCUT2D eigenvalue weighted by molar-refractivity contribution is 5.92. The summed E-state index contributed by atoms with van der Waals surface area (Å²) in [7, 11) is 1.68. The van der Waals surface area contributed by atoms with Crippen LogP contribution in [0, 0.1) is 0 Å². The number of benzene rings is 4. The fourth-order valence-corrected chi connectivity index (χ4v) is 5.26. The van der Waals surface area contributed by atoms with Gasteiger partial charge in [0.1, 0.15) is 17.3 Å². The van der Waals surface area contributed by atoms with E-state index in [2.05, 4.69) is 110 Å². The van der Waals surface area contributed by atoms with E-state index in [-0.39, 0.29) is 5.54 Å². The molecule has 2 heterocycles. The zero-order valence-corrected chi connectivity index (χ0v) is 26.1. The van der Waals surface area contributed by atoms with Crippen molar-refractivity contribution in [3.8, 4) is 39.3 Å². The molecule has 0 saturated carbocycles. The molecule has 0 atom stereocenters. The molecule has 1 N–H and O–H groups in total. The zero-order valence-electron chi connectivity index (χ0n) is 26.1. The zero-order chi connectivity index (χ0) is 31.2. The van der Waals surface area contributed by atoms with Gasteiger partial charge in [0.15, 0.2) is 0 Å². The largest absolute Gasteiger partial charge is 0.497 e. The number of rotatable bonds is 9. The molecule has 6 aromatic rings. The number of methoxy groups -OCH3 is 1. The average Bonchev–Trinajstić information content (AvgIpc) is 3.48. The van der Waals surface area contributed by atoms with Gasteiger partial charge < -0.3 is 10.1 Å². The van der Waals surface area contributed by atoms with E-state index in [1.807, 2.05) is 59.6 Å². The predicted molar refractivity (Wildman–Crippen MR) is 185 cm³/mol. The van der Waals surface area contributed by atoms with Crippen LogP contribution in [0.15, 0.2) is 133 Å². The van der Waals surface area contributed by atoms with Crippen LogP contribution in [0.25, 0.3) is 33.5 Å². The number of aliphatic imine (C=N–C) groups is 1. The molecule has 45 heavy (non-hydrogen) atoms. The Kier molecular flexibility index (Phi) is 8.56. The number of anilines is 1. The van der Waals surface area contributed by atoms with Crippen LogP contribution in [0.2, 0.25) is 0 Å². The lowest BCUT2D eigenvalue weighted by Crippen LogP contribution is -2.26. The first-order chi connectivity index (χ1) is 21.8. The SMILES string of the molecule is COc1ccc(Cn2cc(-c3ccnc(NC(C)(C)C)c3)c(-c3cccc(N=Cc4ccccc4-c4ccccc4)c3)n2)cc1. The van der Waals surface area contributed by atoms with Crippen molar-refractivity contribution in [3.05, 3.63) is 139 Å². The summed E-state index contributed by atoms with van der Waals surface area (Å²) in [5.41, 5.74) is 9.20. The van der Waals surface area contributed by atoms with Crippen LogP contribution >= 0.6 is 0 Å². The number of pyridine rings is 1. The minimum atomic E-state index is -0.113. The second kappa shape index (κ2) is 13.0. The molecule has 0 saturated heterocycles.